The zero-order valence-electron chi connectivity index (χ0n) is 13.3. The minimum absolute atomic E-state index is 0.128. The average molecular weight is 327 g/mol. The monoisotopic (exact) mass is 327 g/mol. The molecular formula is C18H17NO5. The Morgan fingerprint density at radius 2 is 1.79 bits per heavy atom. The van der Waals surface area contributed by atoms with Gasteiger partial charge in [0, 0.05) is 17.6 Å². The standard InChI is InChI=1S/C18H17NO5/c1-11(2)17(21)14(13-6-4-3-5-7-13)8-12-9-15(19(23)24)18(22)16(20)10-12/h3-11,20,22H,1-2H3/b14-8+. The van der Waals surface area contributed by atoms with Crippen molar-refractivity contribution in [3.63, 3.8) is 0 Å². The molecule has 124 valence electrons. The van der Waals surface area contributed by atoms with Crippen LogP contribution in [0.2, 0.25) is 0 Å². The highest BCUT2D eigenvalue weighted by Gasteiger charge is 2.20. The summed E-state index contributed by atoms with van der Waals surface area (Å²) in [5.74, 6) is -1.80. The Kier molecular flexibility index (Phi) is 4.99. The van der Waals surface area contributed by atoms with Crippen LogP contribution in [0.5, 0.6) is 11.5 Å². The summed E-state index contributed by atoms with van der Waals surface area (Å²) >= 11 is 0. The summed E-state index contributed by atoms with van der Waals surface area (Å²) in [5, 5.41) is 30.2. The van der Waals surface area contributed by atoms with Crippen molar-refractivity contribution < 1.29 is 19.9 Å². The highest BCUT2D eigenvalue weighted by molar-refractivity contribution is 6.26. The minimum atomic E-state index is -0.798. The van der Waals surface area contributed by atoms with Gasteiger partial charge in [-0.15, -0.1) is 0 Å². The Balaban J connectivity index is 2.63. The molecule has 2 aromatic carbocycles. The van der Waals surface area contributed by atoms with Gasteiger partial charge in [0.25, 0.3) is 0 Å². The van der Waals surface area contributed by atoms with E-state index in [-0.39, 0.29) is 17.3 Å². The van der Waals surface area contributed by atoms with Crippen molar-refractivity contribution in [1.82, 2.24) is 0 Å². The van der Waals surface area contributed by atoms with Gasteiger partial charge in [0.2, 0.25) is 5.75 Å². The minimum Gasteiger partial charge on any atom is -0.504 e. The summed E-state index contributed by atoms with van der Waals surface area (Å²) in [4.78, 5) is 22.7. The van der Waals surface area contributed by atoms with Gasteiger partial charge in [0.1, 0.15) is 0 Å². The molecule has 2 N–H and O–H groups in total. The number of benzene rings is 2. The Hall–Kier alpha value is -3.15. The van der Waals surface area contributed by atoms with Gasteiger partial charge in [-0.3, -0.25) is 14.9 Å². The molecule has 0 saturated heterocycles. The van der Waals surface area contributed by atoms with Crippen molar-refractivity contribution in [2.75, 3.05) is 0 Å². The van der Waals surface area contributed by atoms with Gasteiger partial charge in [-0.2, -0.15) is 0 Å². The van der Waals surface area contributed by atoms with Gasteiger partial charge in [-0.05, 0) is 23.3 Å². The maximum atomic E-state index is 12.5. The maximum absolute atomic E-state index is 12.5. The molecule has 6 nitrogen and oxygen atoms in total. The van der Waals surface area contributed by atoms with E-state index in [1.54, 1.807) is 38.1 Å². The Morgan fingerprint density at radius 1 is 1.17 bits per heavy atom. The Bertz CT molecular complexity index is 810. The lowest BCUT2D eigenvalue weighted by Crippen LogP contribution is -2.09. The first-order chi connectivity index (χ1) is 11.3. The van der Waals surface area contributed by atoms with Crippen LogP contribution in [0.15, 0.2) is 42.5 Å². The van der Waals surface area contributed by atoms with E-state index >= 15 is 0 Å². The Labute approximate surface area is 138 Å². The molecule has 0 atom stereocenters. The van der Waals surface area contributed by atoms with E-state index in [0.29, 0.717) is 11.1 Å². The number of nitro groups is 1. The molecule has 0 radical (unpaired) electrons. The number of Topliss-reactive ketones (excluding diaryl/α,β-unsaturated/α-hetero) is 1. The smallest absolute Gasteiger partial charge is 0.315 e. The number of allylic oxidation sites excluding steroid dienone is 1. The molecule has 0 heterocycles. The second-order valence-corrected chi connectivity index (χ2v) is 5.61. The molecule has 2 rings (SSSR count). The van der Waals surface area contributed by atoms with E-state index < -0.39 is 22.1 Å². The van der Waals surface area contributed by atoms with Crippen LogP contribution >= 0.6 is 0 Å². The summed E-state index contributed by atoms with van der Waals surface area (Å²) < 4.78 is 0. The normalized spacial score (nSPS) is 11.5. The highest BCUT2D eigenvalue weighted by atomic mass is 16.6. The van der Waals surface area contributed by atoms with E-state index in [2.05, 4.69) is 0 Å². The fourth-order valence-electron chi connectivity index (χ4n) is 2.24. The number of nitrogens with zero attached hydrogens (tertiary/aromatic N) is 1. The number of hydrogen-bond acceptors (Lipinski definition) is 5. The van der Waals surface area contributed by atoms with Crippen LogP contribution in [-0.2, 0) is 4.79 Å². The number of phenols is 2. The topological polar surface area (TPSA) is 101 Å². The van der Waals surface area contributed by atoms with Crippen molar-refractivity contribution in [3.8, 4) is 11.5 Å². The second-order valence-electron chi connectivity index (χ2n) is 5.61. The summed E-state index contributed by atoms with van der Waals surface area (Å²) in [5.41, 5.74) is 0.687. The van der Waals surface area contributed by atoms with E-state index in [9.17, 15) is 25.1 Å². The molecule has 0 fully saturated rings. The average Bonchev–Trinajstić information content (AvgIpc) is 2.55. The van der Waals surface area contributed by atoms with Crippen LogP contribution in [0.25, 0.3) is 11.6 Å². The van der Waals surface area contributed by atoms with Gasteiger partial charge in [0.15, 0.2) is 11.5 Å². The molecule has 24 heavy (non-hydrogen) atoms. The molecule has 6 heteroatoms. The molecule has 0 aromatic heterocycles. The summed E-state index contributed by atoms with van der Waals surface area (Å²) in [6, 6.07) is 11.2. The molecule has 0 saturated carbocycles. The summed E-state index contributed by atoms with van der Waals surface area (Å²) in [6.45, 7) is 3.52. The number of aromatic hydroxyl groups is 2. The molecule has 0 aliphatic heterocycles. The second kappa shape index (κ2) is 6.95. The molecule has 0 aliphatic carbocycles. The molecule has 0 amide bonds. The maximum Gasteiger partial charge on any atom is 0.315 e. The van der Waals surface area contributed by atoms with E-state index in [0.717, 1.165) is 6.07 Å². The van der Waals surface area contributed by atoms with Crippen LogP contribution in [0.3, 0.4) is 0 Å². The van der Waals surface area contributed by atoms with Crippen molar-refractivity contribution in [1.29, 1.82) is 0 Å². The highest BCUT2D eigenvalue weighted by Crippen LogP contribution is 2.37. The van der Waals surface area contributed by atoms with Gasteiger partial charge < -0.3 is 10.2 Å². The van der Waals surface area contributed by atoms with Crippen LogP contribution in [0, 0.1) is 16.0 Å². The van der Waals surface area contributed by atoms with Gasteiger partial charge in [0.05, 0.1) is 4.92 Å². The number of rotatable bonds is 5. The largest absolute Gasteiger partial charge is 0.504 e. The molecule has 0 bridgehead atoms. The van der Waals surface area contributed by atoms with Crippen LogP contribution < -0.4 is 0 Å². The lowest BCUT2D eigenvalue weighted by molar-refractivity contribution is -0.386. The molecule has 0 spiro atoms. The van der Waals surface area contributed by atoms with Gasteiger partial charge in [-0.1, -0.05) is 44.2 Å². The fourth-order valence-corrected chi connectivity index (χ4v) is 2.24. The van der Waals surface area contributed by atoms with Gasteiger partial charge >= 0.3 is 5.69 Å². The lowest BCUT2D eigenvalue weighted by atomic mass is 9.93. The SMILES string of the molecule is CC(C)C(=O)/C(=C/c1cc(O)c(O)c([N+](=O)[O-])c1)c1ccccc1. The first-order valence-electron chi connectivity index (χ1n) is 7.33. The predicted octanol–water partition coefficient (Wildman–Crippen LogP) is 3.77. The number of phenolic OH excluding ortho intramolecular Hbond substituents is 2. The van der Waals surface area contributed by atoms with Crippen molar-refractivity contribution >= 4 is 23.1 Å². The van der Waals surface area contributed by atoms with Crippen molar-refractivity contribution in [3.05, 3.63) is 63.7 Å². The van der Waals surface area contributed by atoms with E-state index in [1.165, 1.54) is 12.1 Å². The summed E-state index contributed by atoms with van der Waals surface area (Å²) in [7, 11) is 0. The number of ketones is 1. The quantitative estimate of drug-likeness (QED) is 0.286. The van der Waals surface area contributed by atoms with Gasteiger partial charge in [-0.25, -0.2) is 0 Å². The third-order valence-electron chi connectivity index (χ3n) is 3.47. The predicted molar refractivity (Wildman–Crippen MR) is 90.6 cm³/mol. The number of carbonyl (C=O) groups is 1. The fraction of sp³-hybridized carbons (Fsp3) is 0.167. The number of hydrogen-bond donors (Lipinski definition) is 2. The third-order valence-corrected chi connectivity index (χ3v) is 3.47. The molecule has 0 unspecified atom stereocenters. The zero-order chi connectivity index (χ0) is 17.9. The molecule has 2 aromatic rings. The van der Waals surface area contributed by atoms with Crippen LogP contribution in [0.4, 0.5) is 5.69 Å². The first kappa shape index (κ1) is 17.2. The van der Waals surface area contributed by atoms with Crippen LogP contribution in [0.1, 0.15) is 25.0 Å². The number of nitro benzene ring substituents is 1. The van der Waals surface area contributed by atoms with Crippen LogP contribution in [-0.4, -0.2) is 20.9 Å². The molecular weight excluding hydrogens is 310 g/mol. The Morgan fingerprint density at radius 3 is 2.33 bits per heavy atom. The van der Waals surface area contributed by atoms with E-state index in [1.807, 2.05) is 6.07 Å². The number of carbonyl (C=O) groups excluding carboxylic acids is 1. The van der Waals surface area contributed by atoms with Crippen molar-refractivity contribution in [2.45, 2.75) is 13.8 Å². The third kappa shape index (κ3) is 3.60. The lowest BCUT2D eigenvalue weighted by Gasteiger charge is -2.10. The zero-order valence-corrected chi connectivity index (χ0v) is 13.3. The first-order valence-corrected chi connectivity index (χ1v) is 7.33. The van der Waals surface area contributed by atoms with Crippen molar-refractivity contribution in [2.24, 2.45) is 5.92 Å². The summed E-state index contributed by atoms with van der Waals surface area (Å²) in [6.07, 6.45) is 1.48. The van der Waals surface area contributed by atoms with E-state index in [4.69, 9.17) is 0 Å². The molecule has 0 aliphatic rings.